The zero-order valence-electron chi connectivity index (χ0n) is 13.0. The third kappa shape index (κ3) is 2.44. The van der Waals surface area contributed by atoms with Gasteiger partial charge in [-0.2, -0.15) is 0 Å². The van der Waals surface area contributed by atoms with Gasteiger partial charge in [-0.05, 0) is 53.7 Å². The number of fused-ring (bicyclic) bond motifs is 2. The molecule has 2 bridgehead atoms. The number of alkyl halides is 1. The molecule has 0 spiro atoms. The first-order valence-electron chi connectivity index (χ1n) is 7.85. The van der Waals surface area contributed by atoms with Gasteiger partial charge in [0.15, 0.2) is 0 Å². The molecule has 2 fully saturated rings. The summed E-state index contributed by atoms with van der Waals surface area (Å²) in [5.41, 5.74) is 1.58. The fourth-order valence-corrected chi connectivity index (χ4v) is 5.16. The molecule has 1 aromatic carbocycles. The largest absolute Gasteiger partial charge is 0.369 e. The molecule has 1 nitrogen and oxygen atoms in total. The van der Waals surface area contributed by atoms with E-state index in [4.69, 9.17) is 4.74 Å². The van der Waals surface area contributed by atoms with Crippen LogP contribution in [0.4, 0.5) is 4.39 Å². The van der Waals surface area contributed by atoms with E-state index in [0.717, 1.165) is 22.3 Å². The average Bonchev–Trinajstić information content (AvgIpc) is 2.77. The molecule has 2 aliphatic rings. The summed E-state index contributed by atoms with van der Waals surface area (Å²) < 4.78 is 20.8. The van der Waals surface area contributed by atoms with E-state index in [2.05, 4.69) is 43.4 Å². The number of rotatable bonds is 4. The van der Waals surface area contributed by atoms with Crippen molar-refractivity contribution in [3.63, 3.8) is 0 Å². The van der Waals surface area contributed by atoms with Crippen molar-refractivity contribution < 1.29 is 9.13 Å². The molecular weight excluding hydrogens is 378 g/mol. The third-order valence-corrected chi connectivity index (χ3v) is 7.20. The van der Waals surface area contributed by atoms with E-state index >= 15 is 0 Å². The third-order valence-electron chi connectivity index (χ3n) is 6.40. The SMILES string of the molecule is CC1(C)C2CCC1(C)C(OC(CI)c1cccc(F)c1)C2. The topological polar surface area (TPSA) is 9.23 Å². The van der Waals surface area contributed by atoms with E-state index in [1.165, 1.54) is 18.9 Å². The van der Waals surface area contributed by atoms with Gasteiger partial charge >= 0.3 is 0 Å². The predicted molar refractivity (Wildman–Crippen MR) is 92.1 cm³/mol. The van der Waals surface area contributed by atoms with E-state index in [1.54, 1.807) is 12.1 Å². The second kappa shape index (κ2) is 5.48. The van der Waals surface area contributed by atoms with Crippen molar-refractivity contribution in [2.45, 2.75) is 52.2 Å². The highest BCUT2D eigenvalue weighted by molar-refractivity contribution is 14.1. The van der Waals surface area contributed by atoms with Gasteiger partial charge in [-0.25, -0.2) is 4.39 Å². The molecule has 0 aliphatic heterocycles. The maximum atomic E-state index is 13.5. The molecule has 2 saturated carbocycles. The smallest absolute Gasteiger partial charge is 0.123 e. The molecule has 0 radical (unpaired) electrons. The van der Waals surface area contributed by atoms with Crippen molar-refractivity contribution in [1.82, 2.24) is 0 Å². The number of benzene rings is 1. The average molecular weight is 402 g/mol. The number of hydrogen-bond acceptors (Lipinski definition) is 1. The van der Waals surface area contributed by atoms with Gasteiger partial charge in [0.2, 0.25) is 0 Å². The first-order chi connectivity index (χ1) is 9.88. The standard InChI is InChI=1S/C18H24FIO/c1-17(2)13-7-8-18(17,3)16(10-13)21-15(11-20)12-5-4-6-14(19)9-12/h4-6,9,13,15-16H,7-8,10-11H2,1-3H3. The normalized spacial score (nSPS) is 35.1. The lowest BCUT2D eigenvalue weighted by Gasteiger charge is -2.40. The summed E-state index contributed by atoms with van der Waals surface area (Å²) in [5, 5.41) is 0. The lowest BCUT2D eigenvalue weighted by molar-refractivity contribution is -0.0793. The summed E-state index contributed by atoms with van der Waals surface area (Å²) in [6.07, 6.45) is 4.05. The summed E-state index contributed by atoms with van der Waals surface area (Å²) >= 11 is 2.35. The van der Waals surface area contributed by atoms with Gasteiger partial charge in [-0.3, -0.25) is 0 Å². The van der Waals surface area contributed by atoms with Crippen LogP contribution in [0.2, 0.25) is 0 Å². The van der Waals surface area contributed by atoms with Crippen LogP contribution in [0.5, 0.6) is 0 Å². The summed E-state index contributed by atoms with van der Waals surface area (Å²) in [6, 6.07) is 6.87. The van der Waals surface area contributed by atoms with E-state index < -0.39 is 0 Å². The lowest BCUT2D eigenvalue weighted by atomic mass is 9.70. The quantitative estimate of drug-likeness (QED) is 0.475. The van der Waals surface area contributed by atoms with Crippen LogP contribution in [0.1, 0.15) is 51.7 Å². The molecule has 0 heterocycles. The van der Waals surface area contributed by atoms with Gasteiger partial charge in [-0.1, -0.05) is 55.5 Å². The first-order valence-corrected chi connectivity index (χ1v) is 9.38. The molecule has 2 aliphatic carbocycles. The van der Waals surface area contributed by atoms with Crippen molar-refractivity contribution in [3.05, 3.63) is 35.6 Å². The molecule has 116 valence electrons. The molecule has 0 saturated heterocycles. The van der Waals surface area contributed by atoms with Gasteiger partial charge in [0.05, 0.1) is 12.2 Å². The molecule has 1 aromatic rings. The summed E-state index contributed by atoms with van der Waals surface area (Å²) in [7, 11) is 0. The maximum Gasteiger partial charge on any atom is 0.123 e. The Kier molecular flexibility index (Phi) is 4.11. The molecule has 21 heavy (non-hydrogen) atoms. The van der Waals surface area contributed by atoms with Gasteiger partial charge in [-0.15, -0.1) is 0 Å². The van der Waals surface area contributed by atoms with Crippen LogP contribution in [0.25, 0.3) is 0 Å². The van der Waals surface area contributed by atoms with Crippen molar-refractivity contribution in [3.8, 4) is 0 Å². The Morgan fingerprint density at radius 1 is 1.38 bits per heavy atom. The zero-order valence-corrected chi connectivity index (χ0v) is 15.2. The molecule has 0 N–H and O–H groups in total. The molecule has 3 heteroatoms. The second-order valence-corrected chi connectivity index (χ2v) is 8.31. The molecular formula is C18H24FIO. The van der Waals surface area contributed by atoms with Gasteiger partial charge < -0.3 is 4.74 Å². The van der Waals surface area contributed by atoms with E-state index in [1.807, 2.05) is 6.07 Å². The van der Waals surface area contributed by atoms with Crippen LogP contribution in [0.15, 0.2) is 24.3 Å². The van der Waals surface area contributed by atoms with Crippen LogP contribution in [-0.4, -0.2) is 10.5 Å². The second-order valence-electron chi connectivity index (χ2n) is 7.43. The van der Waals surface area contributed by atoms with Crippen molar-refractivity contribution in [1.29, 1.82) is 0 Å². The summed E-state index contributed by atoms with van der Waals surface area (Å²) in [6.45, 7) is 7.19. The number of ether oxygens (including phenoxy) is 1. The Hall–Kier alpha value is -0.160. The lowest BCUT2D eigenvalue weighted by Crippen LogP contribution is -2.38. The first kappa shape index (κ1) is 15.7. The molecule has 4 unspecified atom stereocenters. The van der Waals surface area contributed by atoms with E-state index in [9.17, 15) is 4.39 Å². The Morgan fingerprint density at radius 2 is 2.14 bits per heavy atom. The van der Waals surface area contributed by atoms with Gasteiger partial charge in [0.1, 0.15) is 5.82 Å². The fourth-order valence-electron chi connectivity index (χ4n) is 4.45. The minimum Gasteiger partial charge on any atom is -0.369 e. The minimum atomic E-state index is -0.176. The van der Waals surface area contributed by atoms with Crippen molar-refractivity contribution in [2.75, 3.05) is 4.43 Å². The molecule has 0 aromatic heterocycles. The van der Waals surface area contributed by atoms with E-state index in [0.29, 0.717) is 11.5 Å². The van der Waals surface area contributed by atoms with Crippen LogP contribution < -0.4 is 0 Å². The Balaban J connectivity index is 1.80. The number of halogens is 2. The highest BCUT2D eigenvalue weighted by Crippen LogP contribution is 2.66. The Morgan fingerprint density at radius 3 is 2.67 bits per heavy atom. The number of hydrogen-bond donors (Lipinski definition) is 0. The maximum absolute atomic E-state index is 13.5. The monoisotopic (exact) mass is 402 g/mol. The molecule has 3 rings (SSSR count). The summed E-state index contributed by atoms with van der Waals surface area (Å²) in [4.78, 5) is 0. The summed E-state index contributed by atoms with van der Waals surface area (Å²) in [5.74, 6) is 0.598. The predicted octanol–water partition coefficient (Wildman–Crippen LogP) is 5.53. The van der Waals surface area contributed by atoms with Gasteiger partial charge in [0, 0.05) is 4.43 Å². The van der Waals surface area contributed by atoms with Crippen molar-refractivity contribution in [2.24, 2.45) is 16.7 Å². The minimum absolute atomic E-state index is 0.00160. The zero-order chi connectivity index (χ0) is 15.3. The van der Waals surface area contributed by atoms with Crippen LogP contribution >= 0.6 is 22.6 Å². The van der Waals surface area contributed by atoms with Crippen molar-refractivity contribution >= 4 is 22.6 Å². The van der Waals surface area contributed by atoms with Crippen LogP contribution in [0, 0.1) is 22.6 Å². The van der Waals surface area contributed by atoms with Crippen LogP contribution in [-0.2, 0) is 4.74 Å². The highest BCUT2D eigenvalue weighted by atomic mass is 127. The van der Waals surface area contributed by atoms with E-state index in [-0.39, 0.29) is 17.3 Å². The molecule has 4 atom stereocenters. The Labute approximate surface area is 140 Å². The Bertz CT molecular complexity index is 530. The molecule has 0 amide bonds. The van der Waals surface area contributed by atoms with Crippen LogP contribution in [0.3, 0.4) is 0 Å². The highest BCUT2D eigenvalue weighted by Gasteiger charge is 2.62. The fraction of sp³-hybridized carbons (Fsp3) is 0.667. The van der Waals surface area contributed by atoms with Gasteiger partial charge in [0.25, 0.3) is 0 Å².